The molecule has 124 valence electrons. The SMILES string of the molecule is Cc1ccccc1OCC(C)NC(=O)CC1CSCCN1.Cl. The van der Waals surface area contributed by atoms with E-state index in [0.29, 0.717) is 19.1 Å². The van der Waals surface area contributed by atoms with Gasteiger partial charge in [0, 0.05) is 30.5 Å². The first-order valence-corrected chi connectivity index (χ1v) is 8.59. The van der Waals surface area contributed by atoms with E-state index in [0.717, 1.165) is 29.4 Å². The van der Waals surface area contributed by atoms with E-state index in [1.165, 1.54) is 0 Å². The number of para-hydroxylation sites is 1. The molecule has 1 aliphatic rings. The second-order valence-electron chi connectivity index (χ2n) is 5.48. The fourth-order valence-electron chi connectivity index (χ4n) is 2.28. The van der Waals surface area contributed by atoms with Crippen LogP contribution in [0.5, 0.6) is 5.75 Å². The molecule has 1 amide bonds. The van der Waals surface area contributed by atoms with Crippen LogP contribution in [-0.4, -0.2) is 42.6 Å². The number of aryl methyl sites for hydroxylation is 1. The summed E-state index contributed by atoms with van der Waals surface area (Å²) in [4.78, 5) is 12.0. The number of benzene rings is 1. The molecule has 1 fully saturated rings. The molecule has 0 saturated carbocycles. The van der Waals surface area contributed by atoms with Gasteiger partial charge in [0.1, 0.15) is 12.4 Å². The van der Waals surface area contributed by atoms with Gasteiger partial charge in [0.05, 0.1) is 6.04 Å². The second kappa shape index (κ2) is 9.98. The molecule has 4 nitrogen and oxygen atoms in total. The standard InChI is InChI=1S/C16H24N2O2S.ClH/c1-12-5-3-4-6-15(12)20-10-13(2)18-16(19)9-14-11-21-8-7-17-14;/h3-6,13-14,17H,7-11H2,1-2H3,(H,18,19);1H. The first-order valence-electron chi connectivity index (χ1n) is 7.44. The van der Waals surface area contributed by atoms with Crippen molar-refractivity contribution in [1.29, 1.82) is 0 Å². The Labute approximate surface area is 143 Å². The molecule has 2 N–H and O–H groups in total. The summed E-state index contributed by atoms with van der Waals surface area (Å²) in [7, 11) is 0. The molecule has 1 aromatic carbocycles. The zero-order valence-corrected chi connectivity index (χ0v) is 14.8. The second-order valence-corrected chi connectivity index (χ2v) is 6.62. The summed E-state index contributed by atoms with van der Waals surface area (Å²) < 4.78 is 5.75. The van der Waals surface area contributed by atoms with E-state index in [-0.39, 0.29) is 24.4 Å². The fourth-order valence-corrected chi connectivity index (χ4v) is 3.23. The van der Waals surface area contributed by atoms with E-state index in [9.17, 15) is 4.79 Å². The van der Waals surface area contributed by atoms with Crippen molar-refractivity contribution in [2.45, 2.75) is 32.4 Å². The van der Waals surface area contributed by atoms with Crippen molar-refractivity contribution in [3.8, 4) is 5.75 Å². The predicted octanol–water partition coefficient (Wildman–Crippen LogP) is 2.40. The van der Waals surface area contributed by atoms with Crippen LogP contribution in [0.3, 0.4) is 0 Å². The molecule has 0 aliphatic carbocycles. The van der Waals surface area contributed by atoms with Crippen LogP contribution in [-0.2, 0) is 4.79 Å². The number of carbonyl (C=O) groups is 1. The summed E-state index contributed by atoms with van der Waals surface area (Å²) in [5.74, 6) is 3.13. The zero-order chi connectivity index (χ0) is 15.1. The Morgan fingerprint density at radius 1 is 1.50 bits per heavy atom. The molecule has 22 heavy (non-hydrogen) atoms. The van der Waals surface area contributed by atoms with Crippen LogP contribution < -0.4 is 15.4 Å². The summed E-state index contributed by atoms with van der Waals surface area (Å²) >= 11 is 1.91. The average Bonchev–Trinajstić information content (AvgIpc) is 2.47. The van der Waals surface area contributed by atoms with E-state index in [1.807, 2.05) is 49.9 Å². The van der Waals surface area contributed by atoms with Crippen LogP contribution >= 0.6 is 24.2 Å². The lowest BCUT2D eigenvalue weighted by molar-refractivity contribution is -0.122. The van der Waals surface area contributed by atoms with Crippen molar-refractivity contribution in [2.75, 3.05) is 24.7 Å². The summed E-state index contributed by atoms with van der Waals surface area (Å²) in [5, 5.41) is 6.38. The van der Waals surface area contributed by atoms with Crippen molar-refractivity contribution in [1.82, 2.24) is 10.6 Å². The fraction of sp³-hybridized carbons (Fsp3) is 0.562. The van der Waals surface area contributed by atoms with Crippen LogP contribution in [0.4, 0.5) is 0 Å². The molecule has 2 rings (SSSR count). The molecule has 1 saturated heterocycles. The predicted molar refractivity (Wildman–Crippen MR) is 95.3 cm³/mol. The van der Waals surface area contributed by atoms with Crippen LogP contribution in [0.1, 0.15) is 18.9 Å². The third-order valence-corrected chi connectivity index (χ3v) is 4.55. The van der Waals surface area contributed by atoms with Crippen LogP contribution in [0.25, 0.3) is 0 Å². The van der Waals surface area contributed by atoms with E-state index in [1.54, 1.807) is 0 Å². The van der Waals surface area contributed by atoms with E-state index >= 15 is 0 Å². The van der Waals surface area contributed by atoms with Crippen molar-refractivity contribution in [2.24, 2.45) is 0 Å². The lowest BCUT2D eigenvalue weighted by Gasteiger charge is -2.23. The number of hydrogen-bond donors (Lipinski definition) is 2. The van der Waals surface area contributed by atoms with Crippen LogP contribution in [0, 0.1) is 6.92 Å². The van der Waals surface area contributed by atoms with Gasteiger partial charge in [-0.3, -0.25) is 4.79 Å². The molecule has 0 spiro atoms. The molecule has 0 aromatic heterocycles. The number of halogens is 1. The highest BCUT2D eigenvalue weighted by atomic mass is 35.5. The monoisotopic (exact) mass is 344 g/mol. The summed E-state index contributed by atoms with van der Waals surface area (Å²) in [6, 6.07) is 8.22. The van der Waals surface area contributed by atoms with Gasteiger partial charge < -0.3 is 15.4 Å². The molecule has 1 aromatic rings. The first-order chi connectivity index (χ1) is 10.1. The number of nitrogens with one attached hydrogen (secondary N) is 2. The minimum absolute atomic E-state index is 0. The average molecular weight is 345 g/mol. The Hall–Kier alpha value is -0.910. The zero-order valence-electron chi connectivity index (χ0n) is 13.1. The van der Waals surface area contributed by atoms with Gasteiger partial charge in [-0.15, -0.1) is 12.4 Å². The molecule has 0 bridgehead atoms. The van der Waals surface area contributed by atoms with Gasteiger partial charge >= 0.3 is 0 Å². The van der Waals surface area contributed by atoms with E-state index in [2.05, 4.69) is 10.6 Å². The Balaban J connectivity index is 0.00000242. The maximum atomic E-state index is 12.0. The molecule has 2 unspecified atom stereocenters. The van der Waals surface area contributed by atoms with E-state index in [4.69, 9.17) is 4.74 Å². The quantitative estimate of drug-likeness (QED) is 0.832. The van der Waals surface area contributed by atoms with Crippen LogP contribution in [0.15, 0.2) is 24.3 Å². The van der Waals surface area contributed by atoms with Crippen molar-refractivity contribution < 1.29 is 9.53 Å². The molecule has 1 aliphatic heterocycles. The van der Waals surface area contributed by atoms with Crippen molar-refractivity contribution in [3.05, 3.63) is 29.8 Å². The minimum Gasteiger partial charge on any atom is -0.491 e. The normalized spacial score (nSPS) is 18.9. The number of carbonyl (C=O) groups excluding carboxylic acids is 1. The number of thioether (sulfide) groups is 1. The number of ether oxygens (including phenoxy) is 1. The molecule has 1 heterocycles. The maximum Gasteiger partial charge on any atom is 0.221 e. The lowest BCUT2D eigenvalue weighted by Crippen LogP contribution is -2.44. The number of rotatable bonds is 6. The largest absolute Gasteiger partial charge is 0.491 e. The topological polar surface area (TPSA) is 50.4 Å². The Morgan fingerprint density at radius 2 is 2.27 bits per heavy atom. The number of hydrogen-bond acceptors (Lipinski definition) is 4. The summed E-state index contributed by atoms with van der Waals surface area (Å²) in [5.41, 5.74) is 1.11. The molecule has 0 radical (unpaired) electrons. The number of amides is 1. The van der Waals surface area contributed by atoms with Gasteiger partial charge in [-0.2, -0.15) is 11.8 Å². The maximum absolute atomic E-state index is 12.0. The van der Waals surface area contributed by atoms with Gasteiger partial charge in [-0.05, 0) is 25.5 Å². The Bertz CT molecular complexity index is 467. The van der Waals surface area contributed by atoms with Crippen molar-refractivity contribution >= 4 is 30.1 Å². The molecule has 6 heteroatoms. The summed E-state index contributed by atoms with van der Waals surface area (Å²) in [6.45, 7) is 5.47. The first kappa shape index (κ1) is 19.1. The van der Waals surface area contributed by atoms with Crippen molar-refractivity contribution in [3.63, 3.8) is 0 Å². The minimum atomic E-state index is 0. The van der Waals surface area contributed by atoms with Gasteiger partial charge in [0.15, 0.2) is 0 Å². The molecule has 2 atom stereocenters. The highest BCUT2D eigenvalue weighted by Crippen LogP contribution is 2.16. The smallest absolute Gasteiger partial charge is 0.221 e. The van der Waals surface area contributed by atoms with Gasteiger partial charge in [-0.25, -0.2) is 0 Å². The Kier molecular flexibility index (Phi) is 8.68. The highest BCUT2D eigenvalue weighted by molar-refractivity contribution is 7.99. The van der Waals surface area contributed by atoms with Crippen LogP contribution in [0.2, 0.25) is 0 Å². The highest BCUT2D eigenvalue weighted by Gasteiger charge is 2.17. The molecular weight excluding hydrogens is 320 g/mol. The third kappa shape index (κ3) is 6.46. The Morgan fingerprint density at radius 3 is 2.95 bits per heavy atom. The van der Waals surface area contributed by atoms with Gasteiger partial charge in [0.25, 0.3) is 0 Å². The molecular formula is C16H25ClN2O2S. The third-order valence-electron chi connectivity index (χ3n) is 3.42. The van der Waals surface area contributed by atoms with Gasteiger partial charge in [-0.1, -0.05) is 18.2 Å². The van der Waals surface area contributed by atoms with Gasteiger partial charge in [0.2, 0.25) is 5.91 Å². The lowest BCUT2D eigenvalue weighted by atomic mass is 10.2. The summed E-state index contributed by atoms with van der Waals surface area (Å²) in [6.07, 6.45) is 0.543. The van der Waals surface area contributed by atoms with E-state index < -0.39 is 0 Å².